The van der Waals surface area contributed by atoms with E-state index in [2.05, 4.69) is 19.9 Å². The molecule has 300 valence electrons. The Balaban J connectivity index is 0.000000222. The number of rotatable bonds is 11. The summed E-state index contributed by atoms with van der Waals surface area (Å²) in [6.45, 7) is 7.31. The van der Waals surface area contributed by atoms with Gasteiger partial charge in [0.25, 0.3) is 0 Å². The van der Waals surface area contributed by atoms with Gasteiger partial charge in [-0.3, -0.25) is 23.5 Å². The van der Waals surface area contributed by atoms with Gasteiger partial charge in [0.15, 0.2) is 43.9 Å². The molecule has 7 N–H and O–H groups in total. The molecule has 6 heterocycles. The largest absolute Gasteiger partial charge is 0.477 e. The zero-order chi connectivity index (χ0) is 40.3. The van der Waals surface area contributed by atoms with E-state index in [0.29, 0.717) is 47.7 Å². The highest BCUT2D eigenvalue weighted by Gasteiger charge is 2.51. The second kappa shape index (κ2) is 17.7. The monoisotopic (exact) mass is 846 g/mol. The zero-order valence-corrected chi connectivity index (χ0v) is 33.1. The lowest BCUT2D eigenvalue weighted by Crippen LogP contribution is -2.40. The van der Waals surface area contributed by atoms with Gasteiger partial charge in [-0.2, -0.15) is 19.9 Å². The highest BCUT2D eigenvalue weighted by molar-refractivity contribution is 7.74. The maximum Gasteiger partial charge on any atom is 0.303 e. The quantitative estimate of drug-likeness (QED) is 0.0808. The zero-order valence-electron chi connectivity index (χ0n) is 29.8. The van der Waals surface area contributed by atoms with E-state index < -0.39 is 73.6 Å². The number of hydrogen-bond acceptors (Lipinski definition) is 23. The molecule has 0 aliphatic carbocycles. The smallest absolute Gasteiger partial charge is 0.303 e. The topological polar surface area (TPSA) is 290 Å². The SMILES string of the molecule is CCOc1nc(N)nc2c1sc(=S)n2[C@@H]1O[C@H](CO)[C@@H](O)[C@H]1O.CCOc1nc(N)nc2c1sc(=S)n2[C@@H]1O[C@H](COC(C)=O)[C@@H](OC(C)=O)[C@H]1OC(C)=O. The van der Waals surface area contributed by atoms with Gasteiger partial charge in [0.1, 0.15) is 40.4 Å². The second-order valence-corrected chi connectivity index (χ2v) is 15.0. The summed E-state index contributed by atoms with van der Waals surface area (Å²) in [6.07, 6.45) is -8.52. The second-order valence-electron chi connectivity index (χ2n) is 11.7. The van der Waals surface area contributed by atoms with Crippen molar-refractivity contribution >= 4 is 97.6 Å². The fraction of sp³-hybridized carbons (Fsp3) is 0.567. The normalized spacial score (nSPS) is 24.7. The van der Waals surface area contributed by atoms with Gasteiger partial charge in [-0.05, 0) is 38.3 Å². The van der Waals surface area contributed by atoms with E-state index in [1.165, 1.54) is 41.2 Å². The number of ether oxygens (including phenoxy) is 7. The Hall–Kier alpha value is -4.21. The molecular formula is C30H38N8O13S4. The first-order valence-electron chi connectivity index (χ1n) is 16.5. The van der Waals surface area contributed by atoms with Crippen LogP contribution < -0.4 is 20.9 Å². The molecule has 2 aliphatic heterocycles. The summed E-state index contributed by atoms with van der Waals surface area (Å²) >= 11 is 13.2. The molecule has 4 aromatic rings. The Kier molecular flexibility index (Phi) is 13.5. The van der Waals surface area contributed by atoms with Crippen LogP contribution in [0.4, 0.5) is 11.9 Å². The predicted molar refractivity (Wildman–Crippen MR) is 198 cm³/mol. The maximum absolute atomic E-state index is 11.9. The Morgan fingerprint density at radius 3 is 1.65 bits per heavy atom. The Bertz CT molecular complexity index is 2180. The molecule has 0 bridgehead atoms. The highest BCUT2D eigenvalue weighted by atomic mass is 32.2. The van der Waals surface area contributed by atoms with Crippen molar-refractivity contribution in [1.29, 1.82) is 0 Å². The van der Waals surface area contributed by atoms with Crippen molar-refractivity contribution < 1.29 is 62.9 Å². The number of hydrogen-bond donors (Lipinski definition) is 5. The minimum Gasteiger partial charge on any atom is -0.477 e. The molecule has 2 fully saturated rings. The molecule has 8 atom stereocenters. The van der Waals surface area contributed by atoms with Crippen molar-refractivity contribution in [3.05, 3.63) is 7.91 Å². The molecule has 0 amide bonds. The van der Waals surface area contributed by atoms with Crippen molar-refractivity contribution in [3.8, 4) is 11.8 Å². The number of nitrogen functional groups attached to an aromatic ring is 2. The lowest BCUT2D eigenvalue weighted by atomic mass is 10.1. The molecule has 0 radical (unpaired) electrons. The third kappa shape index (κ3) is 8.94. The van der Waals surface area contributed by atoms with Crippen molar-refractivity contribution in [2.24, 2.45) is 0 Å². The first-order valence-corrected chi connectivity index (χ1v) is 18.9. The molecule has 4 aromatic heterocycles. The summed E-state index contributed by atoms with van der Waals surface area (Å²) in [6, 6.07) is 0. The lowest BCUT2D eigenvalue weighted by molar-refractivity contribution is -0.166. The van der Waals surface area contributed by atoms with Crippen LogP contribution in [0.5, 0.6) is 11.8 Å². The molecule has 55 heavy (non-hydrogen) atoms. The van der Waals surface area contributed by atoms with Crippen LogP contribution in [0.3, 0.4) is 0 Å². The third-order valence-electron chi connectivity index (χ3n) is 7.82. The molecule has 0 unspecified atom stereocenters. The van der Waals surface area contributed by atoms with Crippen LogP contribution in [-0.4, -0.2) is 125 Å². The number of fused-ring (bicyclic) bond motifs is 2. The third-order valence-corrected chi connectivity index (χ3v) is 10.6. The van der Waals surface area contributed by atoms with Gasteiger partial charge in [0.2, 0.25) is 23.7 Å². The fourth-order valence-corrected chi connectivity index (χ4v) is 8.39. The van der Waals surface area contributed by atoms with E-state index >= 15 is 0 Å². The van der Waals surface area contributed by atoms with Gasteiger partial charge in [-0.15, -0.1) is 0 Å². The van der Waals surface area contributed by atoms with Gasteiger partial charge < -0.3 is 59.9 Å². The first-order chi connectivity index (χ1) is 26.1. The molecule has 0 spiro atoms. The van der Waals surface area contributed by atoms with Crippen LogP contribution in [0.2, 0.25) is 0 Å². The van der Waals surface area contributed by atoms with Crippen molar-refractivity contribution in [1.82, 2.24) is 29.1 Å². The van der Waals surface area contributed by atoms with Gasteiger partial charge in [0.05, 0.1) is 19.8 Å². The van der Waals surface area contributed by atoms with E-state index in [9.17, 15) is 29.7 Å². The van der Waals surface area contributed by atoms with Crippen LogP contribution in [0.25, 0.3) is 20.7 Å². The summed E-state index contributed by atoms with van der Waals surface area (Å²) in [4.78, 5) is 51.5. The van der Waals surface area contributed by atoms with E-state index in [4.69, 9.17) is 69.1 Å². The van der Waals surface area contributed by atoms with Crippen molar-refractivity contribution in [2.75, 3.05) is 37.9 Å². The Labute approximate surface area is 329 Å². The molecule has 0 aromatic carbocycles. The molecule has 6 rings (SSSR count). The van der Waals surface area contributed by atoms with Gasteiger partial charge in [-0.25, -0.2) is 0 Å². The van der Waals surface area contributed by atoms with Crippen molar-refractivity contribution in [2.45, 2.75) is 83.7 Å². The molecule has 25 heteroatoms. The maximum atomic E-state index is 11.9. The van der Waals surface area contributed by atoms with Gasteiger partial charge in [0, 0.05) is 20.8 Å². The van der Waals surface area contributed by atoms with E-state index in [1.54, 1.807) is 6.92 Å². The highest BCUT2D eigenvalue weighted by Crippen LogP contribution is 2.40. The minimum atomic E-state index is -1.26. The Morgan fingerprint density at radius 1 is 0.745 bits per heavy atom. The Morgan fingerprint density at radius 2 is 1.22 bits per heavy atom. The average molecular weight is 847 g/mol. The minimum absolute atomic E-state index is 0.00533. The van der Waals surface area contributed by atoms with E-state index in [0.717, 1.165) is 11.3 Å². The van der Waals surface area contributed by atoms with Crippen LogP contribution >= 0.6 is 47.1 Å². The summed E-state index contributed by atoms with van der Waals surface area (Å²) in [5.41, 5.74) is 12.2. The number of anilines is 2. The van der Waals surface area contributed by atoms with Crippen LogP contribution in [0.1, 0.15) is 47.1 Å². The molecule has 2 saturated heterocycles. The summed E-state index contributed by atoms with van der Waals surface area (Å²) < 4.78 is 43.1. The first kappa shape index (κ1) is 41.9. The van der Waals surface area contributed by atoms with Crippen molar-refractivity contribution in [3.63, 3.8) is 0 Å². The standard InChI is InChI=1S/C18H22N4O8S2.C12H16N4O5S2/c1-5-26-15-13-14(20-17(19)21-15)22(18(31)32-13)16-12(29-9(4)25)11(28-8(3)24)10(30-16)6-27-7(2)23;1-2-20-9-7-8(14-11(13)15-9)16(12(22)23-7)10-6(19)5(18)4(3-17)21-10/h10-12,16H,5-6H2,1-4H3,(H2,19,20,21);4-6,10,17-19H,2-3H2,1H3,(H2,13,14,15)/t10-,11-,12-,16-;4-,5-,6-,10-/m11/s1. The molecule has 21 nitrogen and oxygen atoms in total. The summed E-state index contributed by atoms with van der Waals surface area (Å²) in [5, 5.41) is 29.3. The number of nitrogens with two attached hydrogens (primary N) is 2. The molecule has 0 saturated carbocycles. The predicted octanol–water partition coefficient (Wildman–Crippen LogP) is 1.34. The number of aromatic nitrogens is 6. The summed E-state index contributed by atoms with van der Waals surface area (Å²) in [5.74, 6) is -1.33. The number of aliphatic hydroxyl groups excluding tert-OH is 3. The lowest BCUT2D eigenvalue weighted by Gasteiger charge is -2.23. The summed E-state index contributed by atoms with van der Waals surface area (Å²) in [7, 11) is 0. The van der Waals surface area contributed by atoms with E-state index in [1.807, 2.05) is 6.92 Å². The number of thiazole rings is 2. The van der Waals surface area contributed by atoms with Crippen LogP contribution in [-0.2, 0) is 38.1 Å². The van der Waals surface area contributed by atoms with Crippen LogP contribution in [0, 0.1) is 7.91 Å². The van der Waals surface area contributed by atoms with E-state index in [-0.39, 0.29) is 24.4 Å². The van der Waals surface area contributed by atoms with Gasteiger partial charge in [-0.1, -0.05) is 22.7 Å². The van der Waals surface area contributed by atoms with Crippen LogP contribution in [0.15, 0.2) is 0 Å². The number of carbonyl (C=O) groups is 3. The fourth-order valence-electron chi connectivity index (χ4n) is 5.73. The number of aliphatic hydroxyl groups is 3. The number of carbonyl (C=O) groups excluding carboxylic acids is 3. The average Bonchev–Trinajstić information content (AvgIpc) is 3.80. The molecular weight excluding hydrogens is 809 g/mol. The van der Waals surface area contributed by atoms with Gasteiger partial charge >= 0.3 is 17.9 Å². The molecule has 2 aliphatic rings. The number of esters is 3. The number of nitrogens with zero attached hydrogens (tertiary/aromatic N) is 6.